The number of hydrogen-bond donors (Lipinski definition) is 2. The molecule has 3 unspecified atom stereocenters. The number of guanidine groups is 1. The van der Waals surface area contributed by atoms with Crippen LogP contribution in [0.4, 0.5) is 5.69 Å². The maximum absolute atomic E-state index is 6.15. The summed E-state index contributed by atoms with van der Waals surface area (Å²) in [5.41, 5.74) is 9.75. The highest BCUT2D eigenvalue weighted by Gasteiger charge is 2.58. The molecule has 4 heteroatoms. The van der Waals surface area contributed by atoms with Crippen molar-refractivity contribution in [2.24, 2.45) is 22.1 Å². The van der Waals surface area contributed by atoms with Crippen molar-refractivity contribution in [2.45, 2.75) is 52.7 Å². The summed E-state index contributed by atoms with van der Waals surface area (Å²) in [7, 11) is 0. The first-order valence-corrected chi connectivity index (χ1v) is 8.19. The molecule has 1 saturated heterocycles. The van der Waals surface area contributed by atoms with E-state index in [0.29, 0.717) is 18.0 Å². The van der Waals surface area contributed by atoms with Gasteiger partial charge in [0.25, 0.3) is 0 Å². The van der Waals surface area contributed by atoms with Crippen molar-refractivity contribution in [3.05, 3.63) is 29.3 Å². The predicted molar refractivity (Wildman–Crippen MR) is 91.2 cm³/mol. The molecule has 3 atom stereocenters. The maximum Gasteiger partial charge on any atom is 0.193 e. The van der Waals surface area contributed by atoms with Gasteiger partial charge in [0.05, 0.1) is 12.1 Å². The van der Waals surface area contributed by atoms with Crippen molar-refractivity contribution in [3.8, 4) is 0 Å². The summed E-state index contributed by atoms with van der Waals surface area (Å²) < 4.78 is 5.92. The molecule has 0 radical (unpaired) electrons. The molecule has 4 nitrogen and oxygen atoms in total. The Kier molecular flexibility index (Phi) is 3.89. The number of aliphatic imine (C=N–C) groups is 1. The Morgan fingerprint density at radius 2 is 2.09 bits per heavy atom. The number of hydrogen-bond acceptors (Lipinski definition) is 2. The lowest BCUT2D eigenvalue weighted by molar-refractivity contribution is -0.182. The Balaban J connectivity index is 1.72. The summed E-state index contributed by atoms with van der Waals surface area (Å²) in [6.45, 7) is 9.56. The second-order valence-electron chi connectivity index (χ2n) is 7.30. The summed E-state index contributed by atoms with van der Waals surface area (Å²) in [4.78, 5) is 4.77. The second-order valence-corrected chi connectivity index (χ2v) is 7.30. The lowest BCUT2D eigenvalue weighted by Gasteiger charge is -2.58. The predicted octanol–water partition coefficient (Wildman–Crippen LogP) is 3.23. The lowest BCUT2D eigenvalue weighted by atomic mass is 9.55. The zero-order chi connectivity index (χ0) is 15.9. The van der Waals surface area contributed by atoms with Gasteiger partial charge in [0.1, 0.15) is 0 Å². The summed E-state index contributed by atoms with van der Waals surface area (Å²) >= 11 is 0. The van der Waals surface area contributed by atoms with E-state index in [1.807, 2.05) is 6.07 Å². The highest BCUT2D eigenvalue weighted by Crippen LogP contribution is 2.53. The number of ether oxygens (including phenoxy) is 1. The molecule has 0 amide bonds. The fraction of sp³-hybridized carbons (Fsp3) is 0.611. The molecule has 2 aliphatic rings. The molecule has 3 rings (SSSR count). The van der Waals surface area contributed by atoms with Crippen LogP contribution in [0, 0.1) is 25.2 Å². The van der Waals surface area contributed by atoms with Crippen LogP contribution in [0.15, 0.2) is 23.2 Å². The van der Waals surface area contributed by atoms with Gasteiger partial charge in [-0.05, 0) is 49.9 Å². The molecule has 0 bridgehead atoms. The average Bonchev–Trinajstić information content (AvgIpc) is 2.49. The number of rotatable bonds is 2. The van der Waals surface area contributed by atoms with Gasteiger partial charge in [-0.1, -0.05) is 19.9 Å². The molecule has 3 N–H and O–H groups in total. The Morgan fingerprint density at radius 3 is 2.82 bits per heavy atom. The van der Waals surface area contributed by atoms with E-state index >= 15 is 0 Å². The summed E-state index contributed by atoms with van der Waals surface area (Å²) in [5.74, 6) is 1.02. The highest BCUT2D eigenvalue weighted by atomic mass is 16.5. The second kappa shape index (κ2) is 5.58. The molecule has 1 aliphatic carbocycles. The van der Waals surface area contributed by atoms with Gasteiger partial charge in [-0.15, -0.1) is 0 Å². The van der Waals surface area contributed by atoms with Crippen molar-refractivity contribution in [1.82, 2.24) is 0 Å². The summed E-state index contributed by atoms with van der Waals surface area (Å²) in [6, 6.07) is 6.50. The van der Waals surface area contributed by atoms with Crippen LogP contribution < -0.4 is 11.1 Å². The van der Waals surface area contributed by atoms with Crippen LogP contribution in [0.3, 0.4) is 0 Å². The van der Waals surface area contributed by atoms with Gasteiger partial charge in [0.15, 0.2) is 5.96 Å². The fourth-order valence-electron chi connectivity index (χ4n) is 3.91. The van der Waals surface area contributed by atoms with Crippen molar-refractivity contribution < 1.29 is 4.74 Å². The maximum atomic E-state index is 6.15. The van der Waals surface area contributed by atoms with E-state index in [9.17, 15) is 0 Å². The molecule has 1 aliphatic heterocycles. The number of anilines is 1. The van der Waals surface area contributed by atoms with E-state index in [1.165, 1.54) is 17.5 Å². The molecule has 1 heterocycles. The van der Waals surface area contributed by atoms with E-state index < -0.39 is 0 Å². The fourth-order valence-corrected chi connectivity index (χ4v) is 3.91. The van der Waals surface area contributed by atoms with Gasteiger partial charge in [-0.25, -0.2) is 4.99 Å². The Labute approximate surface area is 133 Å². The number of nitrogens with two attached hydrogens (primary N) is 1. The van der Waals surface area contributed by atoms with Crippen LogP contribution in [0.5, 0.6) is 0 Å². The molecule has 0 spiro atoms. The third kappa shape index (κ3) is 2.60. The minimum absolute atomic E-state index is 0.0700. The van der Waals surface area contributed by atoms with E-state index in [0.717, 1.165) is 18.7 Å². The standard InChI is InChI=1S/C18H27N3O/c1-11-7-8-13(10-12(11)2)20-17(19)21-15-14-6-5-9-22-16(14)18(15,3)4/h7-8,10,14-16H,5-6,9H2,1-4H3,(H3,19,20,21). The van der Waals surface area contributed by atoms with Crippen LogP contribution in [-0.2, 0) is 4.74 Å². The molecule has 22 heavy (non-hydrogen) atoms. The van der Waals surface area contributed by atoms with Crippen molar-refractivity contribution in [2.75, 3.05) is 11.9 Å². The van der Waals surface area contributed by atoms with E-state index in [2.05, 4.69) is 45.1 Å². The van der Waals surface area contributed by atoms with Gasteiger partial charge in [0, 0.05) is 23.6 Å². The van der Waals surface area contributed by atoms with Crippen LogP contribution in [0.1, 0.15) is 37.8 Å². The van der Waals surface area contributed by atoms with Gasteiger partial charge >= 0.3 is 0 Å². The van der Waals surface area contributed by atoms with Crippen LogP contribution in [-0.4, -0.2) is 24.7 Å². The molecular weight excluding hydrogens is 274 g/mol. The number of nitrogens with one attached hydrogen (secondary N) is 1. The third-order valence-corrected chi connectivity index (χ3v) is 5.33. The van der Waals surface area contributed by atoms with E-state index in [4.69, 9.17) is 15.5 Å². The topological polar surface area (TPSA) is 59.6 Å². The van der Waals surface area contributed by atoms with Crippen molar-refractivity contribution >= 4 is 11.6 Å². The first-order valence-electron chi connectivity index (χ1n) is 8.19. The smallest absolute Gasteiger partial charge is 0.193 e. The van der Waals surface area contributed by atoms with Crippen LogP contribution in [0.2, 0.25) is 0 Å². The zero-order valence-corrected chi connectivity index (χ0v) is 14.0. The normalized spacial score (nSPS) is 30.4. The van der Waals surface area contributed by atoms with Crippen molar-refractivity contribution in [1.29, 1.82) is 0 Å². The van der Waals surface area contributed by atoms with Gasteiger partial charge in [-0.3, -0.25) is 0 Å². The molecule has 1 aromatic carbocycles. The minimum atomic E-state index is 0.0700. The first-order chi connectivity index (χ1) is 10.4. The third-order valence-electron chi connectivity index (χ3n) is 5.33. The summed E-state index contributed by atoms with van der Waals surface area (Å²) in [5, 5.41) is 3.23. The monoisotopic (exact) mass is 301 g/mol. The molecule has 1 saturated carbocycles. The lowest BCUT2D eigenvalue weighted by Crippen LogP contribution is -2.64. The molecular formula is C18H27N3O. The first kappa shape index (κ1) is 15.3. The van der Waals surface area contributed by atoms with E-state index in [1.54, 1.807) is 0 Å². The number of aryl methyl sites for hydroxylation is 2. The molecule has 1 aromatic rings. The zero-order valence-electron chi connectivity index (χ0n) is 14.0. The largest absolute Gasteiger partial charge is 0.377 e. The molecule has 120 valence electrons. The minimum Gasteiger partial charge on any atom is -0.377 e. The van der Waals surface area contributed by atoms with Gasteiger partial charge < -0.3 is 15.8 Å². The quantitative estimate of drug-likeness (QED) is 0.651. The molecule has 2 fully saturated rings. The van der Waals surface area contributed by atoms with Crippen molar-refractivity contribution in [3.63, 3.8) is 0 Å². The average molecular weight is 301 g/mol. The molecule has 0 aromatic heterocycles. The summed E-state index contributed by atoms with van der Waals surface area (Å²) in [6.07, 6.45) is 2.66. The van der Waals surface area contributed by atoms with E-state index in [-0.39, 0.29) is 11.5 Å². The Bertz CT molecular complexity index is 594. The van der Waals surface area contributed by atoms with Crippen LogP contribution >= 0.6 is 0 Å². The Morgan fingerprint density at radius 1 is 1.32 bits per heavy atom. The number of fused-ring (bicyclic) bond motifs is 1. The van der Waals surface area contributed by atoms with Crippen LogP contribution in [0.25, 0.3) is 0 Å². The van der Waals surface area contributed by atoms with Gasteiger partial charge in [-0.2, -0.15) is 0 Å². The van der Waals surface area contributed by atoms with Gasteiger partial charge in [0.2, 0.25) is 0 Å². The SMILES string of the molecule is Cc1ccc(NC(N)=NC2C3CCCOC3C2(C)C)cc1C. The highest BCUT2D eigenvalue weighted by molar-refractivity contribution is 5.92. The number of nitrogens with zero attached hydrogens (tertiary/aromatic N) is 1. The number of benzene rings is 1. The Hall–Kier alpha value is -1.55.